The third-order valence-corrected chi connectivity index (χ3v) is 5.35. The summed E-state index contributed by atoms with van der Waals surface area (Å²) in [5, 5.41) is 0. The van der Waals surface area contributed by atoms with Crippen molar-refractivity contribution in [1.82, 2.24) is 4.90 Å². The number of rotatable bonds is 5. The molecule has 1 aliphatic rings. The number of imide groups is 1. The summed E-state index contributed by atoms with van der Waals surface area (Å²) in [5.41, 5.74) is 5.28. The Hall–Kier alpha value is -3.66. The Kier molecular flexibility index (Phi) is 5.23. The van der Waals surface area contributed by atoms with E-state index in [1.54, 1.807) is 13.2 Å². The normalized spacial score (nSPS) is 13.9. The SMILES string of the molecule is COc1ccccc1C1=C(c2ccc(C)cc2)C(=O)N(Cc2ccc(C)cc2)C1=O. The Balaban J connectivity index is 1.84. The minimum atomic E-state index is -0.305. The molecule has 0 bridgehead atoms. The van der Waals surface area contributed by atoms with Gasteiger partial charge < -0.3 is 4.74 Å². The first-order valence-corrected chi connectivity index (χ1v) is 9.86. The molecule has 0 spiro atoms. The second kappa shape index (κ2) is 7.99. The van der Waals surface area contributed by atoms with Gasteiger partial charge in [-0.2, -0.15) is 0 Å². The molecule has 4 rings (SSSR count). The summed E-state index contributed by atoms with van der Waals surface area (Å²) in [6.45, 7) is 4.23. The van der Waals surface area contributed by atoms with Crippen molar-refractivity contribution in [2.24, 2.45) is 0 Å². The lowest BCUT2D eigenvalue weighted by molar-refractivity contribution is -0.136. The molecule has 150 valence electrons. The first kappa shape index (κ1) is 19.6. The summed E-state index contributed by atoms with van der Waals surface area (Å²) in [6, 6.07) is 22.8. The van der Waals surface area contributed by atoms with Crippen molar-refractivity contribution in [3.63, 3.8) is 0 Å². The zero-order valence-electron chi connectivity index (χ0n) is 17.3. The number of nitrogens with zero attached hydrogens (tertiary/aromatic N) is 1. The van der Waals surface area contributed by atoms with Gasteiger partial charge in [0.05, 0.1) is 24.8 Å². The molecule has 30 heavy (non-hydrogen) atoms. The maximum atomic E-state index is 13.5. The second-order valence-corrected chi connectivity index (χ2v) is 7.50. The van der Waals surface area contributed by atoms with Gasteiger partial charge in [-0.25, -0.2) is 0 Å². The molecule has 1 heterocycles. The van der Waals surface area contributed by atoms with E-state index in [2.05, 4.69) is 0 Å². The van der Waals surface area contributed by atoms with E-state index in [-0.39, 0.29) is 18.4 Å². The van der Waals surface area contributed by atoms with Crippen LogP contribution >= 0.6 is 0 Å². The van der Waals surface area contributed by atoms with E-state index in [1.807, 2.05) is 80.6 Å². The van der Waals surface area contributed by atoms with Gasteiger partial charge in [-0.1, -0.05) is 77.9 Å². The molecule has 0 aromatic heterocycles. The topological polar surface area (TPSA) is 46.6 Å². The lowest BCUT2D eigenvalue weighted by atomic mass is 9.95. The highest BCUT2D eigenvalue weighted by atomic mass is 16.5. The van der Waals surface area contributed by atoms with E-state index in [4.69, 9.17) is 4.74 Å². The van der Waals surface area contributed by atoms with E-state index in [0.29, 0.717) is 22.5 Å². The van der Waals surface area contributed by atoms with E-state index in [1.165, 1.54) is 4.90 Å². The maximum absolute atomic E-state index is 13.5. The summed E-state index contributed by atoms with van der Waals surface area (Å²) in [6.07, 6.45) is 0. The Morgan fingerprint density at radius 2 is 1.30 bits per heavy atom. The summed E-state index contributed by atoms with van der Waals surface area (Å²) in [7, 11) is 1.57. The summed E-state index contributed by atoms with van der Waals surface area (Å²) >= 11 is 0. The number of ether oxygens (including phenoxy) is 1. The summed E-state index contributed by atoms with van der Waals surface area (Å²) in [5.74, 6) is -0.0265. The van der Waals surface area contributed by atoms with Crippen molar-refractivity contribution in [2.45, 2.75) is 20.4 Å². The minimum Gasteiger partial charge on any atom is -0.496 e. The van der Waals surface area contributed by atoms with Crippen molar-refractivity contribution < 1.29 is 14.3 Å². The van der Waals surface area contributed by atoms with E-state index in [0.717, 1.165) is 22.3 Å². The van der Waals surface area contributed by atoms with Crippen LogP contribution in [0.25, 0.3) is 11.1 Å². The summed E-state index contributed by atoms with van der Waals surface area (Å²) in [4.78, 5) is 28.3. The van der Waals surface area contributed by atoms with Crippen LogP contribution in [0.5, 0.6) is 5.75 Å². The van der Waals surface area contributed by atoms with Gasteiger partial charge in [-0.15, -0.1) is 0 Å². The predicted molar refractivity (Wildman–Crippen MR) is 118 cm³/mol. The molecular weight excluding hydrogens is 374 g/mol. The van der Waals surface area contributed by atoms with Crippen LogP contribution in [0.15, 0.2) is 72.8 Å². The molecule has 0 saturated heterocycles. The van der Waals surface area contributed by atoms with Crippen LogP contribution in [0, 0.1) is 13.8 Å². The van der Waals surface area contributed by atoms with Gasteiger partial charge in [-0.05, 0) is 31.0 Å². The largest absolute Gasteiger partial charge is 0.496 e. The standard InChI is InChI=1S/C26H23NO3/c1-17-8-12-19(13-9-17)16-27-25(28)23(20-14-10-18(2)11-15-20)24(26(27)29)21-6-4-5-7-22(21)30-3/h4-15H,16H2,1-3H3. The zero-order valence-corrected chi connectivity index (χ0v) is 17.3. The highest BCUT2D eigenvalue weighted by molar-refractivity contribution is 6.49. The molecule has 0 fully saturated rings. The Morgan fingerprint density at radius 3 is 1.93 bits per heavy atom. The van der Waals surface area contributed by atoms with Gasteiger partial charge in [0.2, 0.25) is 0 Å². The molecule has 0 N–H and O–H groups in total. The van der Waals surface area contributed by atoms with Gasteiger partial charge in [0.15, 0.2) is 0 Å². The number of aryl methyl sites for hydroxylation is 2. The zero-order chi connectivity index (χ0) is 21.3. The Morgan fingerprint density at radius 1 is 0.733 bits per heavy atom. The highest BCUT2D eigenvalue weighted by Crippen LogP contribution is 2.39. The molecule has 4 heteroatoms. The lowest BCUT2D eigenvalue weighted by Gasteiger charge is -2.16. The maximum Gasteiger partial charge on any atom is 0.262 e. The Bertz CT molecular complexity index is 1140. The fourth-order valence-corrected chi connectivity index (χ4v) is 3.68. The van der Waals surface area contributed by atoms with Crippen LogP contribution in [0.3, 0.4) is 0 Å². The van der Waals surface area contributed by atoms with Crippen LogP contribution in [0.2, 0.25) is 0 Å². The summed E-state index contributed by atoms with van der Waals surface area (Å²) < 4.78 is 5.50. The third-order valence-electron chi connectivity index (χ3n) is 5.35. The van der Waals surface area contributed by atoms with Gasteiger partial charge in [0, 0.05) is 5.56 Å². The molecular formula is C26H23NO3. The molecule has 4 nitrogen and oxygen atoms in total. The monoisotopic (exact) mass is 397 g/mol. The highest BCUT2D eigenvalue weighted by Gasteiger charge is 2.40. The molecule has 0 saturated carbocycles. The number of hydrogen-bond acceptors (Lipinski definition) is 3. The number of carbonyl (C=O) groups is 2. The molecule has 0 radical (unpaired) electrons. The molecule has 3 aromatic rings. The van der Waals surface area contributed by atoms with Gasteiger partial charge in [-0.3, -0.25) is 14.5 Å². The van der Waals surface area contributed by atoms with Crippen LogP contribution in [-0.2, 0) is 16.1 Å². The van der Waals surface area contributed by atoms with Crippen LogP contribution in [0.1, 0.15) is 27.8 Å². The first-order chi connectivity index (χ1) is 14.5. The van der Waals surface area contributed by atoms with Crippen molar-refractivity contribution >= 4 is 23.0 Å². The minimum absolute atomic E-state index is 0.228. The quantitative estimate of drug-likeness (QED) is 0.582. The number of methoxy groups -OCH3 is 1. The number of para-hydroxylation sites is 1. The smallest absolute Gasteiger partial charge is 0.262 e. The van der Waals surface area contributed by atoms with Crippen molar-refractivity contribution in [3.8, 4) is 5.75 Å². The average molecular weight is 397 g/mol. The molecule has 0 atom stereocenters. The molecule has 2 amide bonds. The van der Waals surface area contributed by atoms with Crippen molar-refractivity contribution in [3.05, 3.63) is 101 Å². The molecule has 0 unspecified atom stereocenters. The van der Waals surface area contributed by atoms with Gasteiger partial charge in [0.25, 0.3) is 11.8 Å². The lowest BCUT2D eigenvalue weighted by Crippen LogP contribution is -2.31. The van der Waals surface area contributed by atoms with E-state index >= 15 is 0 Å². The molecule has 0 aliphatic carbocycles. The Labute approximate surface area is 176 Å². The van der Waals surface area contributed by atoms with Crippen LogP contribution in [0.4, 0.5) is 0 Å². The predicted octanol–water partition coefficient (Wildman–Crippen LogP) is 4.79. The molecule has 3 aromatic carbocycles. The van der Waals surface area contributed by atoms with E-state index in [9.17, 15) is 9.59 Å². The second-order valence-electron chi connectivity index (χ2n) is 7.50. The number of benzene rings is 3. The number of carbonyl (C=O) groups excluding carboxylic acids is 2. The van der Waals surface area contributed by atoms with Crippen molar-refractivity contribution in [2.75, 3.05) is 7.11 Å². The van der Waals surface area contributed by atoms with Crippen LogP contribution in [-0.4, -0.2) is 23.8 Å². The fraction of sp³-hybridized carbons (Fsp3) is 0.154. The average Bonchev–Trinajstić information content (AvgIpc) is 3.00. The molecule has 1 aliphatic heterocycles. The number of amides is 2. The van der Waals surface area contributed by atoms with Crippen molar-refractivity contribution in [1.29, 1.82) is 0 Å². The van der Waals surface area contributed by atoms with Gasteiger partial charge >= 0.3 is 0 Å². The van der Waals surface area contributed by atoms with E-state index < -0.39 is 0 Å². The third kappa shape index (κ3) is 3.52. The van der Waals surface area contributed by atoms with Gasteiger partial charge in [0.1, 0.15) is 5.75 Å². The fourth-order valence-electron chi connectivity index (χ4n) is 3.68. The van der Waals surface area contributed by atoms with Crippen LogP contribution < -0.4 is 4.74 Å². The first-order valence-electron chi connectivity index (χ1n) is 9.86. The number of hydrogen-bond donors (Lipinski definition) is 0.